The monoisotopic (exact) mass is 345 g/mol. The Hall–Kier alpha value is -2.08. The van der Waals surface area contributed by atoms with Crippen LogP contribution in [-0.4, -0.2) is 57.1 Å². The van der Waals surface area contributed by atoms with Gasteiger partial charge in [-0.2, -0.15) is 0 Å². The zero-order valence-electron chi connectivity index (χ0n) is 15.2. The summed E-state index contributed by atoms with van der Waals surface area (Å²) >= 11 is 0. The van der Waals surface area contributed by atoms with Gasteiger partial charge in [0.15, 0.2) is 0 Å². The summed E-state index contributed by atoms with van der Waals surface area (Å²) in [7, 11) is 5.43. The highest BCUT2D eigenvalue weighted by atomic mass is 16.5. The normalized spacial score (nSPS) is 23.4. The summed E-state index contributed by atoms with van der Waals surface area (Å²) in [5.41, 5.74) is 3.33. The molecule has 3 rings (SSSR count). The van der Waals surface area contributed by atoms with E-state index in [0.29, 0.717) is 19.4 Å². The van der Waals surface area contributed by atoms with Crippen molar-refractivity contribution in [3.05, 3.63) is 23.8 Å². The number of likely N-dealkylation sites (N-methyl/N-ethyl adjacent to an activating group) is 1. The second-order valence-corrected chi connectivity index (χ2v) is 7.03. The van der Waals surface area contributed by atoms with Crippen LogP contribution >= 0.6 is 0 Å². The average Bonchev–Trinajstić information content (AvgIpc) is 2.60. The number of benzene rings is 1. The van der Waals surface area contributed by atoms with E-state index in [-0.39, 0.29) is 23.8 Å². The Morgan fingerprint density at radius 3 is 2.88 bits per heavy atom. The summed E-state index contributed by atoms with van der Waals surface area (Å²) in [5, 5.41) is 3.05. The lowest BCUT2D eigenvalue weighted by molar-refractivity contribution is -0.141. The zero-order valence-corrected chi connectivity index (χ0v) is 15.2. The molecule has 136 valence electrons. The number of carbonyl (C=O) groups is 2. The third kappa shape index (κ3) is 3.63. The number of rotatable bonds is 4. The molecule has 6 heteroatoms. The number of amides is 2. The van der Waals surface area contributed by atoms with Crippen molar-refractivity contribution in [3.8, 4) is 0 Å². The smallest absolute Gasteiger partial charge is 0.229 e. The van der Waals surface area contributed by atoms with Crippen molar-refractivity contribution in [2.75, 3.05) is 44.6 Å². The minimum absolute atomic E-state index is 0.0418. The topological polar surface area (TPSA) is 61.9 Å². The number of hydrogen-bond acceptors (Lipinski definition) is 4. The maximum Gasteiger partial charge on any atom is 0.229 e. The number of carbonyl (C=O) groups excluding carboxylic acids is 2. The molecule has 1 N–H and O–H groups in total. The first-order valence-electron chi connectivity index (χ1n) is 8.90. The highest BCUT2D eigenvalue weighted by molar-refractivity contribution is 5.95. The lowest BCUT2D eigenvalue weighted by Crippen LogP contribution is -2.52. The summed E-state index contributed by atoms with van der Waals surface area (Å²) < 4.78 is 5.24. The van der Waals surface area contributed by atoms with Crippen LogP contribution in [0.2, 0.25) is 0 Å². The van der Waals surface area contributed by atoms with Crippen LogP contribution in [0.15, 0.2) is 18.2 Å². The van der Waals surface area contributed by atoms with E-state index in [0.717, 1.165) is 25.1 Å². The second-order valence-electron chi connectivity index (χ2n) is 7.03. The summed E-state index contributed by atoms with van der Waals surface area (Å²) in [6.07, 6.45) is 3.21. The van der Waals surface area contributed by atoms with Crippen LogP contribution in [0.3, 0.4) is 0 Å². The summed E-state index contributed by atoms with van der Waals surface area (Å²) in [5.74, 6) is -0.224. The van der Waals surface area contributed by atoms with Crippen molar-refractivity contribution in [1.82, 2.24) is 4.90 Å². The lowest BCUT2D eigenvalue weighted by atomic mass is 9.88. The molecule has 0 radical (unpaired) electrons. The van der Waals surface area contributed by atoms with Crippen LogP contribution in [0.25, 0.3) is 0 Å². The molecule has 0 aromatic heterocycles. The minimum Gasteiger partial charge on any atom is -0.383 e. The van der Waals surface area contributed by atoms with Gasteiger partial charge in [-0.1, -0.05) is 6.07 Å². The van der Waals surface area contributed by atoms with Crippen LogP contribution in [0.5, 0.6) is 0 Å². The van der Waals surface area contributed by atoms with Crippen LogP contribution < -0.4 is 10.2 Å². The van der Waals surface area contributed by atoms with Crippen molar-refractivity contribution in [2.24, 2.45) is 5.92 Å². The molecule has 0 bridgehead atoms. The molecule has 0 aliphatic carbocycles. The van der Waals surface area contributed by atoms with Crippen LogP contribution in [0.4, 0.5) is 11.4 Å². The van der Waals surface area contributed by atoms with Gasteiger partial charge in [-0.05, 0) is 37.0 Å². The Kier molecular flexibility index (Phi) is 5.27. The van der Waals surface area contributed by atoms with Gasteiger partial charge in [-0.15, -0.1) is 0 Å². The number of ether oxygens (including phenoxy) is 1. The van der Waals surface area contributed by atoms with Gasteiger partial charge >= 0.3 is 0 Å². The van der Waals surface area contributed by atoms with Gasteiger partial charge in [0.2, 0.25) is 11.8 Å². The Morgan fingerprint density at radius 1 is 1.32 bits per heavy atom. The van der Waals surface area contributed by atoms with E-state index in [2.05, 4.69) is 29.4 Å². The molecule has 2 aliphatic rings. The van der Waals surface area contributed by atoms with Crippen molar-refractivity contribution >= 4 is 23.2 Å². The number of aryl methyl sites for hydroxylation is 1. The van der Waals surface area contributed by atoms with E-state index in [1.54, 1.807) is 19.1 Å². The Morgan fingerprint density at radius 2 is 2.12 bits per heavy atom. The lowest BCUT2D eigenvalue weighted by Gasteiger charge is -2.37. The largest absolute Gasteiger partial charge is 0.383 e. The maximum absolute atomic E-state index is 12.8. The standard InChI is InChI=1S/C19H27N3O3/c1-21-10-4-5-13-6-7-14(11-16(13)21)20-19(24)15-8-9-18(23)22(2)17(15)12-25-3/h6-7,11,15,17H,4-5,8-10,12H2,1-3H3,(H,20,24)/t15-,17-/m1/s1. The van der Waals surface area contributed by atoms with Crippen molar-refractivity contribution < 1.29 is 14.3 Å². The van der Waals surface area contributed by atoms with E-state index >= 15 is 0 Å². The molecule has 0 spiro atoms. The Balaban J connectivity index is 1.75. The van der Waals surface area contributed by atoms with Crippen molar-refractivity contribution in [3.63, 3.8) is 0 Å². The van der Waals surface area contributed by atoms with Crippen molar-refractivity contribution in [1.29, 1.82) is 0 Å². The zero-order chi connectivity index (χ0) is 18.0. The Labute approximate surface area is 149 Å². The first kappa shape index (κ1) is 17.7. The number of nitrogens with one attached hydrogen (secondary N) is 1. The highest BCUT2D eigenvalue weighted by Crippen LogP contribution is 2.30. The first-order valence-corrected chi connectivity index (χ1v) is 8.90. The maximum atomic E-state index is 12.8. The van der Waals surface area contributed by atoms with Gasteiger partial charge in [0, 0.05) is 45.5 Å². The van der Waals surface area contributed by atoms with Gasteiger partial charge in [0.05, 0.1) is 18.6 Å². The molecule has 0 unspecified atom stereocenters. The minimum atomic E-state index is -0.253. The van der Waals surface area contributed by atoms with Gasteiger partial charge < -0.3 is 19.9 Å². The molecule has 1 aromatic rings. The first-order chi connectivity index (χ1) is 12.0. The Bertz CT molecular complexity index is 661. The molecule has 2 heterocycles. The van der Waals surface area contributed by atoms with E-state index in [1.165, 1.54) is 11.3 Å². The van der Waals surface area contributed by atoms with Gasteiger partial charge in [0.25, 0.3) is 0 Å². The fourth-order valence-corrected chi connectivity index (χ4v) is 3.88. The molecule has 1 saturated heterocycles. The number of methoxy groups -OCH3 is 1. The summed E-state index contributed by atoms with van der Waals surface area (Å²) in [6, 6.07) is 5.91. The molecular formula is C19H27N3O3. The van der Waals surface area contributed by atoms with Crippen LogP contribution in [0, 0.1) is 5.92 Å². The van der Waals surface area contributed by atoms with E-state index in [4.69, 9.17) is 4.74 Å². The number of piperidine rings is 1. The number of nitrogens with zero attached hydrogens (tertiary/aromatic N) is 2. The average molecular weight is 345 g/mol. The van der Waals surface area contributed by atoms with E-state index < -0.39 is 0 Å². The summed E-state index contributed by atoms with van der Waals surface area (Å²) in [4.78, 5) is 28.7. The predicted octanol–water partition coefficient (Wildman–Crippen LogP) is 1.89. The van der Waals surface area contributed by atoms with Crippen molar-refractivity contribution in [2.45, 2.75) is 31.7 Å². The molecule has 0 saturated carbocycles. The molecule has 2 amide bonds. The van der Waals surface area contributed by atoms with Gasteiger partial charge in [-0.25, -0.2) is 0 Å². The fraction of sp³-hybridized carbons (Fsp3) is 0.579. The highest BCUT2D eigenvalue weighted by Gasteiger charge is 2.37. The molecule has 2 aliphatic heterocycles. The third-order valence-corrected chi connectivity index (χ3v) is 5.40. The summed E-state index contributed by atoms with van der Waals surface area (Å²) in [6.45, 7) is 1.41. The van der Waals surface area contributed by atoms with Crippen LogP contribution in [0.1, 0.15) is 24.8 Å². The third-order valence-electron chi connectivity index (χ3n) is 5.40. The van der Waals surface area contributed by atoms with E-state index in [9.17, 15) is 9.59 Å². The number of fused-ring (bicyclic) bond motifs is 1. The van der Waals surface area contributed by atoms with Crippen LogP contribution in [-0.2, 0) is 20.7 Å². The SMILES string of the molecule is COC[C@@H]1[C@H](C(=O)Nc2ccc3c(c2)N(C)CCC3)CCC(=O)N1C. The fourth-order valence-electron chi connectivity index (χ4n) is 3.88. The number of hydrogen-bond donors (Lipinski definition) is 1. The predicted molar refractivity (Wildman–Crippen MR) is 97.8 cm³/mol. The molecule has 2 atom stereocenters. The molecule has 25 heavy (non-hydrogen) atoms. The molecular weight excluding hydrogens is 318 g/mol. The number of anilines is 2. The van der Waals surface area contributed by atoms with Gasteiger partial charge in [0.1, 0.15) is 0 Å². The van der Waals surface area contributed by atoms with E-state index in [1.807, 2.05) is 6.07 Å². The second kappa shape index (κ2) is 7.44. The number of likely N-dealkylation sites (tertiary alicyclic amines) is 1. The molecule has 1 fully saturated rings. The van der Waals surface area contributed by atoms with Gasteiger partial charge in [-0.3, -0.25) is 9.59 Å². The molecule has 1 aromatic carbocycles. The quantitative estimate of drug-likeness (QED) is 0.905. The molecule has 6 nitrogen and oxygen atoms in total.